The number of rotatable bonds is 3. The quantitative estimate of drug-likeness (QED) is 0.877. The summed E-state index contributed by atoms with van der Waals surface area (Å²) in [5.41, 5.74) is 5.96. The maximum Gasteiger partial charge on any atom is 0.240 e. The fraction of sp³-hybridized carbons (Fsp3) is 0.467. The van der Waals surface area contributed by atoms with Gasteiger partial charge in [0.2, 0.25) is 11.8 Å². The van der Waals surface area contributed by atoms with Crippen molar-refractivity contribution in [1.29, 1.82) is 0 Å². The van der Waals surface area contributed by atoms with E-state index in [0.29, 0.717) is 24.7 Å². The highest BCUT2D eigenvalue weighted by Crippen LogP contribution is 2.31. The molecule has 0 saturated carbocycles. The number of primary amides is 1. The molecule has 0 aromatic heterocycles. The van der Waals surface area contributed by atoms with Crippen LogP contribution in [0.15, 0.2) is 18.2 Å². The average molecular weight is 308 g/mol. The lowest BCUT2D eigenvalue weighted by molar-refractivity contribution is -0.136. The topological polar surface area (TPSA) is 81.9 Å². The Morgan fingerprint density at radius 3 is 2.73 bits per heavy atom. The van der Waals surface area contributed by atoms with Crippen LogP contribution in [0.5, 0.6) is 11.5 Å². The van der Waals surface area contributed by atoms with E-state index in [4.69, 9.17) is 15.2 Å². The molecule has 3 rings (SSSR count). The van der Waals surface area contributed by atoms with E-state index in [1.165, 1.54) is 4.90 Å². The van der Waals surface area contributed by atoms with E-state index >= 15 is 0 Å². The second-order valence-corrected chi connectivity index (χ2v) is 5.45. The smallest absolute Gasteiger partial charge is 0.240 e. The van der Waals surface area contributed by atoms with Crippen molar-refractivity contribution in [3.63, 3.8) is 0 Å². The fourth-order valence-electron chi connectivity index (χ4n) is 2.80. The summed E-state index contributed by atoms with van der Waals surface area (Å²) < 4.78 is 24.3. The van der Waals surface area contributed by atoms with Gasteiger partial charge in [0.05, 0.1) is 13.0 Å². The number of alkyl halides is 1. The predicted molar refractivity (Wildman–Crippen MR) is 75.3 cm³/mol. The highest BCUT2D eigenvalue weighted by molar-refractivity contribution is 5.88. The summed E-state index contributed by atoms with van der Waals surface area (Å²) in [4.78, 5) is 24.9. The van der Waals surface area contributed by atoms with Crippen LogP contribution in [0.3, 0.4) is 0 Å². The average Bonchev–Trinajstić information content (AvgIpc) is 2.89. The monoisotopic (exact) mass is 308 g/mol. The second kappa shape index (κ2) is 5.82. The molecule has 0 bridgehead atoms. The third-order valence-corrected chi connectivity index (χ3v) is 3.86. The molecule has 2 heterocycles. The van der Waals surface area contributed by atoms with Crippen molar-refractivity contribution in [3.05, 3.63) is 23.8 Å². The van der Waals surface area contributed by atoms with Crippen molar-refractivity contribution < 1.29 is 23.5 Å². The van der Waals surface area contributed by atoms with Gasteiger partial charge in [0, 0.05) is 6.42 Å². The lowest BCUT2D eigenvalue weighted by atomic mass is 10.1. The van der Waals surface area contributed by atoms with E-state index in [0.717, 1.165) is 5.56 Å². The number of nitrogens with zero attached hydrogens (tertiary/aromatic N) is 1. The molecule has 2 N–H and O–H groups in total. The highest BCUT2D eigenvalue weighted by Gasteiger charge is 2.38. The Kier molecular flexibility index (Phi) is 3.87. The maximum absolute atomic E-state index is 13.5. The number of amides is 2. The molecule has 0 aliphatic carbocycles. The number of benzene rings is 1. The largest absolute Gasteiger partial charge is 0.486 e. The summed E-state index contributed by atoms with van der Waals surface area (Å²) in [6.07, 6.45) is -1.17. The molecule has 6 nitrogen and oxygen atoms in total. The molecule has 2 aliphatic rings. The van der Waals surface area contributed by atoms with E-state index in [-0.39, 0.29) is 25.3 Å². The molecule has 0 spiro atoms. The minimum Gasteiger partial charge on any atom is -0.486 e. The summed E-state index contributed by atoms with van der Waals surface area (Å²) in [6.45, 7) is 0.873. The van der Waals surface area contributed by atoms with E-state index in [2.05, 4.69) is 0 Å². The number of carbonyl (C=O) groups is 2. The maximum atomic E-state index is 13.5. The van der Waals surface area contributed by atoms with Crippen molar-refractivity contribution in [3.8, 4) is 11.5 Å². The molecular weight excluding hydrogens is 291 g/mol. The van der Waals surface area contributed by atoms with Gasteiger partial charge in [0.15, 0.2) is 11.5 Å². The Morgan fingerprint density at radius 1 is 1.27 bits per heavy atom. The van der Waals surface area contributed by atoms with Crippen molar-refractivity contribution in [2.75, 3.05) is 19.8 Å². The Hall–Kier alpha value is -2.31. The number of carbonyl (C=O) groups excluding carboxylic acids is 2. The van der Waals surface area contributed by atoms with E-state index in [1.807, 2.05) is 0 Å². The molecule has 22 heavy (non-hydrogen) atoms. The SMILES string of the molecule is NC(=O)[C@@H]1C[C@@H](F)CN1C(=O)Cc1ccc2c(c1)OCCO2. The Balaban J connectivity index is 1.72. The third kappa shape index (κ3) is 2.84. The molecule has 1 aromatic rings. The van der Waals surface area contributed by atoms with Crippen molar-refractivity contribution in [2.24, 2.45) is 5.73 Å². The number of likely N-dealkylation sites (tertiary alicyclic amines) is 1. The number of hydrogen-bond acceptors (Lipinski definition) is 4. The van der Waals surface area contributed by atoms with Crippen LogP contribution in [0.1, 0.15) is 12.0 Å². The van der Waals surface area contributed by atoms with Crippen LogP contribution < -0.4 is 15.2 Å². The Bertz CT molecular complexity index is 607. The normalized spacial score (nSPS) is 23.4. The molecule has 2 amide bonds. The molecule has 0 unspecified atom stereocenters. The summed E-state index contributed by atoms with van der Waals surface area (Å²) in [5.74, 6) is 0.242. The summed E-state index contributed by atoms with van der Waals surface area (Å²) in [6, 6.07) is 4.37. The van der Waals surface area contributed by atoms with Gasteiger partial charge in [-0.1, -0.05) is 6.07 Å². The lowest BCUT2D eigenvalue weighted by Crippen LogP contribution is -2.44. The van der Waals surface area contributed by atoms with Gasteiger partial charge < -0.3 is 20.1 Å². The van der Waals surface area contributed by atoms with Crippen molar-refractivity contribution >= 4 is 11.8 Å². The van der Waals surface area contributed by atoms with E-state index < -0.39 is 18.1 Å². The molecule has 1 fully saturated rings. The van der Waals surface area contributed by atoms with Crippen LogP contribution in [0.25, 0.3) is 0 Å². The molecule has 1 saturated heterocycles. The zero-order valence-corrected chi connectivity index (χ0v) is 12.0. The van der Waals surface area contributed by atoms with Crippen LogP contribution in [0.2, 0.25) is 0 Å². The fourth-order valence-corrected chi connectivity index (χ4v) is 2.80. The van der Waals surface area contributed by atoms with Crippen LogP contribution in [0.4, 0.5) is 4.39 Å². The zero-order valence-electron chi connectivity index (χ0n) is 12.0. The van der Waals surface area contributed by atoms with Crippen LogP contribution >= 0.6 is 0 Å². The highest BCUT2D eigenvalue weighted by atomic mass is 19.1. The molecule has 0 radical (unpaired) electrons. The minimum absolute atomic E-state index is 0.0256. The van der Waals surface area contributed by atoms with Crippen LogP contribution in [-0.2, 0) is 16.0 Å². The zero-order chi connectivity index (χ0) is 15.7. The Morgan fingerprint density at radius 2 is 2.00 bits per heavy atom. The predicted octanol–water partition coefficient (Wildman–Crippen LogP) is 0.425. The van der Waals surface area contributed by atoms with Gasteiger partial charge in [0.1, 0.15) is 25.4 Å². The second-order valence-electron chi connectivity index (χ2n) is 5.45. The van der Waals surface area contributed by atoms with Gasteiger partial charge in [-0.25, -0.2) is 4.39 Å². The molecule has 7 heteroatoms. The number of halogens is 1. The van der Waals surface area contributed by atoms with E-state index in [9.17, 15) is 14.0 Å². The summed E-state index contributed by atoms with van der Waals surface area (Å²) in [7, 11) is 0. The van der Waals surface area contributed by atoms with Gasteiger partial charge in [-0.15, -0.1) is 0 Å². The first-order chi connectivity index (χ1) is 10.5. The first-order valence-corrected chi connectivity index (χ1v) is 7.16. The minimum atomic E-state index is -1.21. The number of ether oxygens (including phenoxy) is 2. The third-order valence-electron chi connectivity index (χ3n) is 3.86. The summed E-state index contributed by atoms with van der Waals surface area (Å²) >= 11 is 0. The summed E-state index contributed by atoms with van der Waals surface area (Å²) in [5, 5.41) is 0. The van der Waals surface area contributed by atoms with Gasteiger partial charge in [-0.2, -0.15) is 0 Å². The Labute approximate surface area is 127 Å². The molecule has 118 valence electrons. The van der Waals surface area contributed by atoms with Gasteiger partial charge in [0.25, 0.3) is 0 Å². The number of fused-ring (bicyclic) bond motifs is 1. The lowest BCUT2D eigenvalue weighted by Gasteiger charge is -2.22. The molecule has 1 aromatic carbocycles. The van der Waals surface area contributed by atoms with Crippen molar-refractivity contribution in [1.82, 2.24) is 4.90 Å². The van der Waals surface area contributed by atoms with Gasteiger partial charge in [-0.05, 0) is 17.7 Å². The molecule has 2 aliphatic heterocycles. The number of hydrogen-bond donors (Lipinski definition) is 1. The van der Waals surface area contributed by atoms with E-state index in [1.54, 1.807) is 18.2 Å². The van der Waals surface area contributed by atoms with Crippen molar-refractivity contribution in [2.45, 2.75) is 25.1 Å². The van der Waals surface area contributed by atoms with Gasteiger partial charge >= 0.3 is 0 Å². The number of nitrogens with two attached hydrogens (primary N) is 1. The standard InChI is InChI=1S/C15H17FN2O4/c16-10-7-11(15(17)20)18(8-10)14(19)6-9-1-2-12-13(5-9)22-4-3-21-12/h1-2,5,10-11H,3-4,6-8H2,(H2,17,20)/t10-,11+/m1/s1. The van der Waals surface area contributed by atoms with Crippen LogP contribution in [-0.4, -0.2) is 48.7 Å². The van der Waals surface area contributed by atoms with Crippen LogP contribution in [0, 0.1) is 0 Å². The first-order valence-electron chi connectivity index (χ1n) is 7.16. The molecule has 2 atom stereocenters. The van der Waals surface area contributed by atoms with Gasteiger partial charge in [-0.3, -0.25) is 9.59 Å². The first kappa shape index (κ1) is 14.6. The molecular formula is C15H17FN2O4.